The number of aromatic nitrogens is 2. The Morgan fingerprint density at radius 2 is 1.93 bits per heavy atom. The van der Waals surface area contributed by atoms with Crippen LogP contribution in [0.4, 0.5) is 23.7 Å². The van der Waals surface area contributed by atoms with Crippen LogP contribution in [0.2, 0.25) is 0 Å². The monoisotopic (exact) mass is 396 g/mol. The highest BCUT2D eigenvalue weighted by atomic mass is 19.4. The molecule has 10 heteroatoms. The first-order chi connectivity index (χ1) is 13.4. The van der Waals surface area contributed by atoms with Gasteiger partial charge >= 0.3 is 12.2 Å². The Bertz CT molecular complexity index is 832. The van der Waals surface area contributed by atoms with Crippen molar-refractivity contribution in [2.24, 2.45) is 0 Å². The number of likely N-dealkylation sites (tertiary alicyclic amines) is 1. The van der Waals surface area contributed by atoms with Crippen LogP contribution >= 0.6 is 0 Å². The van der Waals surface area contributed by atoms with E-state index in [1.54, 1.807) is 0 Å². The molecule has 1 unspecified atom stereocenters. The third-order valence-electron chi connectivity index (χ3n) is 4.24. The number of rotatable bonds is 4. The van der Waals surface area contributed by atoms with E-state index in [9.17, 15) is 18.0 Å². The Hall–Kier alpha value is -3.04. The maximum Gasteiger partial charge on any atom is 0.418 e. The number of hydrogen-bond acceptors (Lipinski definition) is 5. The summed E-state index contributed by atoms with van der Waals surface area (Å²) in [4.78, 5) is 22.0. The molecule has 0 radical (unpaired) electrons. The van der Waals surface area contributed by atoms with E-state index in [-0.39, 0.29) is 30.1 Å². The molecule has 1 atom stereocenters. The van der Waals surface area contributed by atoms with Gasteiger partial charge in [0.15, 0.2) is 0 Å². The van der Waals surface area contributed by atoms with Gasteiger partial charge in [0.05, 0.1) is 24.9 Å². The molecule has 150 valence electrons. The van der Waals surface area contributed by atoms with Crippen molar-refractivity contribution in [1.29, 1.82) is 0 Å². The third-order valence-corrected chi connectivity index (χ3v) is 4.24. The number of nitrogens with zero attached hydrogens (tertiary/aromatic N) is 3. The van der Waals surface area contributed by atoms with Crippen LogP contribution in [0.1, 0.15) is 18.4 Å². The summed E-state index contributed by atoms with van der Waals surface area (Å²) in [5.74, 6) is 0.433. The summed E-state index contributed by atoms with van der Waals surface area (Å²) in [5.41, 5.74) is -1.17. The summed E-state index contributed by atoms with van der Waals surface area (Å²) < 4.78 is 50.2. The van der Waals surface area contributed by atoms with Gasteiger partial charge in [-0.1, -0.05) is 12.1 Å². The zero-order valence-corrected chi connectivity index (χ0v) is 15.1. The summed E-state index contributed by atoms with van der Waals surface area (Å²) in [7, 11) is 1.44. The number of carbonyl (C=O) groups excluding carboxylic acids is 1. The van der Waals surface area contributed by atoms with Crippen molar-refractivity contribution in [2.75, 3.05) is 25.5 Å². The van der Waals surface area contributed by atoms with E-state index in [4.69, 9.17) is 9.47 Å². The predicted molar refractivity (Wildman–Crippen MR) is 94.3 cm³/mol. The van der Waals surface area contributed by atoms with E-state index >= 15 is 0 Å². The van der Waals surface area contributed by atoms with Crippen LogP contribution in [0.5, 0.6) is 11.8 Å². The molecule has 1 aliphatic rings. The first-order valence-electron chi connectivity index (χ1n) is 8.62. The van der Waals surface area contributed by atoms with Gasteiger partial charge in [-0.3, -0.25) is 0 Å². The molecule has 7 nitrogen and oxygen atoms in total. The number of nitrogens with one attached hydrogen (secondary N) is 1. The van der Waals surface area contributed by atoms with Gasteiger partial charge in [-0.2, -0.15) is 13.2 Å². The van der Waals surface area contributed by atoms with E-state index in [1.165, 1.54) is 42.6 Å². The molecule has 1 aliphatic heterocycles. The van der Waals surface area contributed by atoms with Gasteiger partial charge in [-0.05, 0) is 25.0 Å². The molecule has 0 bridgehead atoms. The molecule has 2 aromatic rings. The van der Waals surface area contributed by atoms with Crippen LogP contribution in [-0.4, -0.2) is 47.2 Å². The normalized spacial score (nSPS) is 17.1. The lowest BCUT2D eigenvalue weighted by Crippen LogP contribution is -2.46. The largest absolute Gasteiger partial charge is 0.477 e. The average molecular weight is 396 g/mol. The molecular weight excluding hydrogens is 377 g/mol. The zero-order valence-electron chi connectivity index (χ0n) is 15.1. The minimum atomic E-state index is -4.56. The van der Waals surface area contributed by atoms with Crippen molar-refractivity contribution in [3.63, 3.8) is 0 Å². The van der Waals surface area contributed by atoms with Crippen molar-refractivity contribution in [1.82, 2.24) is 14.9 Å². The highest BCUT2D eigenvalue weighted by molar-refractivity contribution is 5.90. The highest BCUT2D eigenvalue weighted by Gasteiger charge is 2.34. The summed E-state index contributed by atoms with van der Waals surface area (Å²) in [5, 5.41) is 2.35. The topological polar surface area (TPSA) is 76.6 Å². The number of para-hydroxylation sites is 1. The second-order valence-electron chi connectivity index (χ2n) is 6.17. The lowest BCUT2D eigenvalue weighted by atomic mass is 10.1. The Morgan fingerprint density at radius 3 is 2.64 bits per heavy atom. The Morgan fingerprint density at radius 1 is 1.21 bits per heavy atom. The molecule has 28 heavy (non-hydrogen) atoms. The zero-order chi connectivity index (χ0) is 20.1. The number of piperidine rings is 1. The number of anilines is 1. The van der Waals surface area contributed by atoms with E-state index in [1.807, 2.05) is 0 Å². The van der Waals surface area contributed by atoms with Crippen molar-refractivity contribution in [3.05, 3.63) is 42.2 Å². The van der Waals surface area contributed by atoms with Gasteiger partial charge in [-0.15, -0.1) is 0 Å². The van der Waals surface area contributed by atoms with Gasteiger partial charge in [0.1, 0.15) is 6.10 Å². The molecule has 0 saturated carbocycles. The molecule has 1 fully saturated rings. The predicted octanol–water partition coefficient (Wildman–Crippen LogP) is 3.58. The second kappa shape index (κ2) is 8.32. The van der Waals surface area contributed by atoms with E-state index in [0.717, 1.165) is 6.07 Å². The van der Waals surface area contributed by atoms with Crippen LogP contribution in [0.15, 0.2) is 36.7 Å². The molecule has 0 aliphatic carbocycles. The van der Waals surface area contributed by atoms with Crippen LogP contribution in [0, 0.1) is 0 Å². The Labute approximate surface area is 159 Å². The SMILES string of the molecule is COc1nccnc1OC1CCCN(C(=O)Nc2ccccc2C(F)(F)F)C1. The molecular formula is C18H19F3N4O3. The number of ether oxygens (including phenoxy) is 2. The minimum absolute atomic E-state index is 0.208. The van der Waals surface area contributed by atoms with E-state index in [2.05, 4.69) is 15.3 Å². The fourth-order valence-electron chi connectivity index (χ4n) is 2.94. The number of halogens is 3. The smallest absolute Gasteiger partial charge is 0.418 e. The maximum absolute atomic E-state index is 13.1. The molecule has 1 aromatic carbocycles. The van der Waals surface area contributed by atoms with Crippen LogP contribution < -0.4 is 14.8 Å². The van der Waals surface area contributed by atoms with Gasteiger partial charge in [0.25, 0.3) is 11.8 Å². The molecule has 3 rings (SSSR count). The number of carbonyl (C=O) groups is 1. The number of alkyl halides is 3. The number of urea groups is 1. The third kappa shape index (κ3) is 4.62. The van der Waals surface area contributed by atoms with Gasteiger partial charge in [0.2, 0.25) is 0 Å². The minimum Gasteiger partial charge on any atom is -0.477 e. The van der Waals surface area contributed by atoms with Gasteiger partial charge in [-0.25, -0.2) is 14.8 Å². The molecule has 2 heterocycles. The van der Waals surface area contributed by atoms with Crippen molar-refractivity contribution >= 4 is 11.7 Å². The molecule has 1 aromatic heterocycles. The fourth-order valence-corrected chi connectivity index (χ4v) is 2.94. The molecule has 1 saturated heterocycles. The maximum atomic E-state index is 13.1. The second-order valence-corrected chi connectivity index (χ2v) is 6.17. The van der Waals surface area contributed by atoms with Crippen LogP contribution in [0.3, 0.4) is 0 Å². The van der Waals surface area contributed by atoms with Crippen molar-refractivity contribution < 1.29 is 27.4 Å². The highest BCUT2D eigenvalue weighted by Crippen LogP contribution is 2.34. The molecule has 2 amide bonds. The number of amides is 2. The lowest BCUT2D eigenvalue weighted by molar-refractivity contribution is -0.136. The summed E-state index contributed by atoms with van der Waals surface area (Å²) in [6.07, 6.45) is -0.698. The lowest BCUT2D eigenvalue weighted by Gasteiger charge is -2.32. The Kier molecular flexibility index (Phi) is 5.86. The molecule has 0 spiro atoms. The standard InChI is InChI=1S/C18H19F3N4O3/c1-27-15-16(23-9-8-22-15)28-12-5-4-10-25(11-12)17(26)24-14-7-3-2-6-13(14)18(19,20)21/h2-3,6-9,12H,4-5,10-11H2,1H3,(H,24,26). The van der Waals surface area contributed by atoms with Crippen molar-refractivity contribution in [2.45, 2.75) is 25.1 Å². The van der Waals surface area contributed by atoms with Crippen molar-refractivity contribution in [3.8, 4) is 11.8 Å². The first-order valence-corrected chi connectivity index (χ1v) is 8.62. The average Bonchev–Trinajstić information content (AvgIpc) is 2.68. The summed E-state index contributed by atoms with van der Waals surface area (Å²) in [6.45, 7) is 0.622. The van der Waals surface area contributed by atoms with Crippen LogP contribution in [0.25, 0.3) is 0 Å². The quantitative estimate of drug-likeness (QED) is 0.855. The summed E-state index contributed by atoms with van der Waals surface area (Å²) in [6, 6.07) is 4.25. The van der Waals surface area contributed by atoms with E-state index in [0.29, 0.717) is 19.4 Å². The first kappa shape index (κ1) is 19.7. The number of methoxy groups -OCH3 is 1. The van der Waals surface area contributed by atoms with Gasteiger partial charge in [0, 0.05) is 18.9 Å². The fraction of sp³-hybridized carbons (Fsp3) is 0.389. The number of benzene rings is 1. The summed E-state index contributed by atoms with van der Waals surface area (Å²) >= 11 is 0. The Balaban J connectivity index is 1.67. The van der Waals surface area contributed by atoms with E-state index < -0.39 is 17.8 Å². The van der Waals surface area contributed by atoms with Gasteiger partial charge < -0.3 is 19.7 Å². The molecule has 1 N–H and O–H groups in total. The van der Waals surface area contributed by atoms with Crippen LogP contribution in [-0.2, 0) is 6.18 Å². The number of hydrogen-bond donors (Lipinski definition) is 1.